The van der Waals surface area contributed by atoms with Crippen LogP contribution in [0.2, 0.25) is 10.0 Å². The quantitative estimate of drug-likeness (QED) is 0.590. The lowest BCUT2D eigenvalue weighted by Crippen LogP contribution is -2.51. The maximum atomic E-state index is 13.1. The van der Waals surface area contributed by atoms with Crippen LogP contribution in [0.5, 0.6) is 0 Å². The fraction of sp³-hybridized carbons (Fsp3) is 0.520. The number of rotatable bonds is 7. The van der Waals surface area contributed by atoms with Gasteiger partial charge in [0.05, 0.1) is 0 Å². The Balaban J connectivity index is 1.64. The van der Waals surface area contributed by atoms with Crippen LogP contribution < -0.4 is 10.6 Å². The number of amides is 1. The van der Waals surface area contributed by atoms with Crippen molar-refractivity contribution >= 4 is 34.9 Å². The summed E-state index contributed by atoms with van der Waals surface area (Å²) in [6.45, 7) is 11.2. The third-order valence-corrected chi connectivity index (χ3v) is 6.61. The minimum atomic E-state index is -0.146. The van der Waals surface area contributed by atoms with Crippen LogP contribution in [0.4, 0.5) is 5.82 Å². The molecule has 1 amide bonds. The van der Waals surface area contributed by atoms with Crippen LogP contribution in [0.15, 0.2) is 30.3 Å². The van der Waals surface area contributed by atoms with E-state index in [9.17, 15) is 4.79 Å². The Morgan fingerprint density at radius 1 is 1.09 bits per heavy atom. The van der Waals surface area contributed by atoms with Gasteiger partial charge in [-0.1, -0.05) is 56.1 Å². The van der Waals surface area contributed by atoms with E-state index in [0.717, 1.165) is 42.1 Å². The van der Waals surface area contributed by atoms with Gasteiger partial charge in [-0.15, -0.1) is 0 Å². The molecule has 2 heterocycles. The van der Waals surface area contributed by atoms with Gasteiger partial charge in [0.25, 0.3) is 0 Å². The molecule has 7 heteroatoms. The van der Waals surface area contributed by atoms with E-state index in [4.69, 9.17) is 33.9 Å². The van der Waals surface area contributed by atoms with E-state index in [1.54, 1.807) is 6.07 Å². The van der Waals surface area contributed by atoms with Gasteiger partial charge in [-0.05, 0) is 49.4 Å². The average molecular weight is 477 g/mol. The first-order valence-electron chi connectivity index (χ1n) is 11.4. The molecule has 1 fully saturated rings. The minimum absolute atomic E-state index is 0.0399. The third kappa shape index (κ3) is 6.15. The Kier molecular flexibility index (Phi) is 8.43. The van der Waals surface area contributed by atoms with Crippen molar-refractivity contribution in [2.24, 2.45) is 17.6 Å². The molecule has 2 aromatic rings. The van der Waals surface area contributed by atoms with Crippen molar-refractivity contribution in [2.75, 3.05) is 31.1 Å². The number of pyridine rings is 1. The third-order valence-electron chi connectivity index (χ3n) is 6.02. The zero-order chi connectivity index (χ0) is 23.4. The Labute approximate surface area is 201 Å². The van der Waals surface area contributed by atoms with E-state index in [0.29, 0.717) is 35.5 Å². The van der Waals surface area contributed by atoms with E-state index in [2.05, 4.69) is 24.8 Å². The lowest BCUT2D eigenvalue weighted by atomic mass is 9.97. The molecule has 1 aromatic carbocycles. The second-order valence-electron chi connectivity index (χ2n) is 9.25. The highest BCUT2D eigenvalue weighted by Crippen LogP contribution is 2.29. The Bertz CT molecular complexity index is 942. The lowest BCUT2D eigenvalue weighted by Gasteiger charge is -2.38. The number of carbonyl (C=O) groups excluding carboxylic acids is 1. The molecule has 32 heavy (non-hydrogen) atoms. The fourth-order valence-electron chi connectivity index (χ4n) is 4.29. The number of piperazine rings is 1. The molecular weight excluding hydrogens is 443 g/mol. The van der Waals surface area contributed by atoms with E-state index in [-0.39, 0.29) is 17.9 Å². The van der Waals surface area contributed by atoms with Crippen molar-refractivity contribution in [1.82, 2.24) is 9.88 Å². The second kappa shape index (κ2) is 10.9. The molecule has 0 aliphatic carbocycles. The molecule has 1 aliphatic rings. The molecule has 2 atom stereocenters. The number of carbonyl (C=O) groups is 1. The normalized spacial score (nSPS) is 16.4. The van der Waals surface area contributed by atoms with Crippen molar-refractivity contribution in [3.05, 3.63) is 57.2 Å². The highest BCUT2D eigenvalue weighted by atomic mass is 35.5. The number of benzene rings is 1. The van der Waals surface area contributed by atoms with E-state index in [1.165, 1.54) is 0 Å². The number of aromatic nitrogens is 1. The number of aryl methyl sites for hydroxylation is 1. The summed E-state index contributed by atoms with van der Waals surface area (Å²) in [5, 5.41) is 1.21. The number of hydrogen-bond acceptors (Lipinski definition) is 4. The summed E-state index contributed by atoms with van der Waals surface area (Å²) >= 11 is 12.3. The Morgan fingerprint density at radius 2 is 1.78 bits per heavy atom. The topological polar surface area (TPSA) is 62.5 Å². The molecule has 174 valence electrons. The number of anilines is 1. The first-order chi connectivity index (χ1) is 15.2. The predicted molar refractivity (Wildman–Crippen MR) is 133 cm³/mol. The minimum Gasteiger partial charge on any atom is -0.353 e. The largest absolute Gasteiger partial charge is 0.353 e. The van der Waals surface area contributed by atoms with Gasteiger partial charge in [0.2, 0.25) is 5.91 Å². The van der Waals surface area contributed by atoms with Gasteiger partial charge in [-0.25, -0.2) is 4.98 Å². The van der Waals surface area contributed by atoms with Gasteiger partial charge in [-0.3, -0.25) is 4.79 Å². The maximum Gasteiger partial charge on any atom is 0.225 e. The number of nitrogens with zero attached hydrogens (tertiary/aromatic N) is 3. The standard InChI is InChI=1S/C25H34Cl2N4O/c1-16(2)13-23(28)21-8-5-18(4)29-24(21)30-9-11-31(12-10-30)25(32)17(3)14-19-6-7-20(26)15-22(19)27/h5-8,15-17,23H,9-14,28H2,1-4H3/t17-,23-/m1/s1. The number of nitrogens with two attached hydrogens (primary N) is 1. The van der Waals surface area contributed by atoms with Crippen molar-refractivity contribution < 1.29 is 4.79 Å². The highest BCUT2D eigenvalue weighted by molar-refractivity contribution is 6.35. The summed E-state index contributed by atoms with van der Waals surface area (Å²) in [6, 6.07) is 9.54. The molecule has 0 radical (unpaired) electrons. The van der Waals surface area contributed by atoms with Gasteiger partial charge in [-0.2, -0.15) is 0 Å². The first-order valence-corrected chi connectivity index (χ1v) is 12.1. The van der Waals surface area contributed by atoms with E-state index in [1.807, 2.05) is 36.9 Å². The molecule has 5 nitrogen and oxygen atoms in total. The molecular formula is C25H34Cl2N4O. The van der Waals surface area contributed by atoms with Crippen LogP contribution in [0.25, 0.3) is 0 Å². The van der Waals surface area contributed by atoms with Crippen molar-refractivity contribution in [3.8, 4) is 0 Å². The summed E-state index contributed by atoms with van der Waals surface area (Å²) in [7, 11) is 0. The van der Waals surface area contributed by atoms with Crippen LogP contribution in [-0.4, -0.2) is 42.0 Å². The van der Waals surface area contributed by atoms with Gasteiger partial charge >= 0.3 is 0 Å². The smallest absolute Gasteiger partial charge is 0.225 e. The maximum absolute atomic E-state index is 13.1. The lowest BCUT2D eigenvalue weighted by molar-refractivity contribution is -0.135. The summed E-state index contributed by atoms with van der Waals surface area (Å²) in [4.78, 5) is 22.1. The molecule has 1 aliphatic heterocycles. The molecule has 3 rings (SSSR count). The van der Waals surface area contributed by atoms with Gasteiger partial charge in [0.1, 0.15) is 5.82 Å². The van der Waals surface area contributed by atoms with Crippen LogP contribution >= 0.6 is 23.2 Å². The molecule has 2 N–H and O–H groups in total. The molecule has 1 saturated heterocycles. The van der Waals surface area contributed by atoms with E-state index >= 15 is 0 Å². The zero-order valence-corrected chi connectivity index (χ0v) is 21.0. The van der Waals surface area contributed by atoms with Crippen LogP contribution in [0.1, 0.15) is 50.1 Å². The first kappa shape index (κ1) is 24.8. The van der Waals surface area contributed by atoms with E-state index < -0.39 is 0 Å². The second-order valence-corrected chi connectivity index (χ2v) is 10.1. The van der Waals surface area contributed by atoms with Gasteiger partial charge in [0.15, 0.2) is 0 Å². The molecule has 1 aromatic heterocycles. The predicted octanol–water partition coefficient (Wildman–Crippen LogP) is 5.27. The Morgan fingerprint density at radius 3 is 2.41 bits per heavy atom. The average Bonchev–Trinajstić information content (AvgIpc) is 2.74. The van der Waals surface area contributed by atoms with Crippen molar-refractivity contribution in [3.63, 3.8) is 0 Å². The van der Waals surface area contributed by atoms with Gasteiger partial charge < -0.3 is 15.5 Å². The van der Waals surface area contributed by atoms with Crippen molar-refractivity contribution in [2.45, 2.75) is 46.6 Å². The molecule has 0 bridgehead atoms. The molecule has 0 unspecified atom stereocenters. The highest BCUT2D eigenvalue weighted by Gasteiger charge is 2.28. The fourth-order valence-corrected chi connectivity index (χ4v) is 4.77. The van der Waals surface area contributed by atoms with Gasteiger partial charge in [0, 0.05) is 59.4 Å². The summed E-state index contributed by atoms with van der Waals surface area (Å²) in [5.74, 6) is 1.49. The summed E-state index contributed by atoms with van der Waals surface area (Å²) in [5.41, 5.74) is 9.53. The van der Waals surface area contributed by atoms with Crippen LogP contribution in [0, 0.1) is 18.8 Å². The monoisotopic (exact) mass is 476 g/mol. The van der Waals surface area contributed by atoms with Crippen molar-refractivity contribution in [1.29, 1.82) is 0 Å². The van der Waals surface area contributed by atoms with Crippen LogP contribution in [-0.2, 0) is 11.2 Å². The molecule has 0 saturated carbocycles. The summed E-state index contributed by atoms with van der Waals surface area (Å²) in [6.07, 6.45) is 1.52. The number of hydrogen-bond donors (Lipinski definition) is 1. The Hall–Kier alpha value is -1.82. The zero-order valence-electron chi connectivity index (χ0n) is 19.4. The molecule has 0 spiro atoms. The SMILES string of the molecule is Cc1ccc([C@H](N)CC(C)C)c(N2CCN(C(=O)[C@H](C)Cc3ccc(Cl)cc3Cl)CC2)n1. The summed E-state index contributed by atoms with van der Waals surface area (Å²) < 4.78 is 0. The number of halogens is 2. The van der Waals surface area contributed by atoms with Crippen LogP contribution in [0.3, 0.4) is 0 Å².